The molecule has 1 aliphatic heterocycles. The Balaban J connectivity index is 1.64. The molecule has 1 amide bonds. The molecule has 0 atom stereocenters. The van der Waals surface area contributed by atoms with Crippen molar-refractivity contribution in [1.29, 1.82) is 0 Å². The smallest absolute Gasteiger partial charge is 0.250 e. The van der Waals surface area contributed by atoms with Crippen LogP contribution in [0.25, 0.3) is 0 Å². The lowest BCUT2D eigenvalue weighted by Crippen LogP contribution is -2.23. The normalized spacial score (nSPS) is 14.0. The zero-order valence-electron chi connectivity index (χ0n) is 13.1. The molecule has 0 unspecified atom stereocenters. The summed E-state index contributed by atoms with van der Waals surface area (Å²) in [6.45, 7) is 2.45. The van der Waals surface area contributed by atoms with Gasteiger partial charge in [-0.1, -0.05) is 18.2 Å². The highest BCUT2D eigenvalue weighted by atomic mass is 16.1. The van der Waals surface area contributed by atoms with E-state index in [2.05, 4.69) is 10.2 Å². The Bertz CT molecular complexity index is 733. The van der Waals surface area contributed by atoms with Crippen molar-refractivity contribution >= 4 is 17.3 Å². The lowest BCUT2D eigenvalue weighted by atomic mass is 10.2. The minimum Gasteiger partial charge on any atom is -0.370 e. The summed E-state index contributed by atoms with van der Waals surface area (Å²) >= 11 is 0. The second-order valence-electron chi connectivity index (χ2n) is 5.74. The van der Waals surface area contributed by atoms with Crippen molar-refractivity contribution in [3.05, 3.63) is 59.0 Å². The number of para-hydroxylation sites is 2. The van der Waals surface area contributed by atoms with E-state index in [0.29, 0.717) is 6.54 Å². The average Bonchev–Trinajstić information content (AvgIpc) is 3.09. The van der Waals surface area contributed by atoms with E-state index in [9.17, 15) is 9.59 Å². The molecule has 2 heterocycles. The molecular weight excluding hydrogens is 290 g/mol. The number of amides is 1. The van der Waals surface area contributed by atoms with Gasteiger partial charge in [-0.25, -0.2) is 0 Å². The van der Waals surface area contributed by atoms with Crippen molar-refractivity contribution in [2.45, 2.75) is 25.8 Å². The van der Waals surface area contributed by atoms with Crippen molar-refractivity contribution in [3.63, 3.8) is 0 Å². The second-order valence-corrected chi connectivity index (χ2v) is 5.74. The highest BCUT2D eigenvalue weighted by molar-refractivity contribution is 5.94. The van der Waals surface area contributed by atoms with Crippen molar-refractivity contribution in [2.24, 2.45) is 0 Å². The van der Waals surface area contributed by atoms with E-state index in [0.717, 1.165) is 24.5 Å². The Morgan fingerprint density at radius 2 is 1.78 bits per heavy atom. The molecule has 0 radical (unpaired) electrons. The molecule has 1 saturated heterocycles. The number of carbonyl (C=O) groups is 1. The van der Waals surface area contributed by atoms with Crippen molar-refractivity contribution in [3.8, 4) is 0 Å². The van der Waals surface area contributed by atoms with Gasteiger partial charge in [0.15, 0.2) is 0 Å². The number of hydrogen-bond donors (Lipinski definition) is 1. The molecule has 0 spiro atoms. The minimum atomic E-state index is -0.0854. The van der Waals surface area contributed by atoms with Gasteiger partial charge in [-0.05, 0) is 31.0 Å². The van der Waals surface area contributed by atoms with E-state index in [1.165, 1.54) is 18.9 Å². The van der Waals surface area contributed by atoms with Crippen molar-refractivity contribution in [1.82, 2.24) is 4.57 Å². The number of aryl methyl sites for hydroxylation is 1. The Kier molecular flexibility index (Phi) is 4.76. The predicted molar refractivity (Wildman–Crippen MR) is 91.8 cm³/mol. The quantitative estimate of drug-likeness (QED) is 0.923. The maximum atomic E-state index is 12.2. The zero-order valence-corrected chi connectivity index (χ0v) is 13.1. The number of hydrogen-bond acceptors (Lipinski definition) is 3. The van der Waals surface area contributed by atoms with Gasteiger partial charge in [0.25, 0.3) is 5.56 Å². The summed E-state index contributed by atoms with van der Waals surface area (Å²) in [4.78, 5) is 26.2. The molecule has 120 valence electrons. The lowest BCUT2D eigenvalue weighted by Gasteiger charge is -2.21. The largest absolute Gasteiger partial charge is 0.370 e. The van der Waals surface area contributed by atoms with Gasteiger partial charge in [-0.3, -0.25) is 9.59 Å². The molecular formula is C18H21N3O2. The number of benzene rings is 1. The molecule has 5 heteroatoms. The Morgan fingerprint density at radius 1 is 1.04 bits per heavy atom. The molecule has 1 fully saturated rings. The molecule has 3 rings (SSSR count). The topological polar surface area (TPSA) is 54.3 Å². The van der Waals surface area contributed by atoms with Crippen molar-refractivity contribution in [2.75, 3.05) is 23.3 Å². The third-order valence-electron chi connectivity index (χ3n) is 4.10. The molecule has 5 nitrogen and oxygen atoms in total. The Labute approximate surface area is 135 Å². The standard InChI is InChI=1S/C18H21N3O2/c22-17(10-14-21-13-4-3-9-18(21)23)19-15-7-1-2-8-16(15)20-11-5-6-12-20/h1-4,7-9,13H,5-6,10-12,14H2,(H,19,22). The average molecular weight is 311 g/mol. The highest BCUT2D eigenvalue weighted by Gasteiger charge is 2.16. The van der Waals surface area contributed by atoms with Crippen LogP contribution in [0.4, 0.5) is 11.4 Å². The fourth-order valence-corrected chi connectivity index (χ4v) is 2.89. The number of rotatable bonds is 5. The molecule has 0 bridgehead atoms. The lowest BCUT2D eigenvalue weighted by molar-refractivity contribution is -0.116. The van der Waals surface area contributed by atoms with Crippen LogP contribution in [0.15, 0.2) is 53.5 Å². The van der Waals surface area contributed by atoms with Crippen LogP contribution in [0, 0.1) is 0 Å². The third kappa shape index (κ3) is 3.80. The number of anilines is 2. The van der Waals surface area contributed by atoms with Crippen LogP contribution in [0.3, 0.4) is 0 Å². The van der Waals surface area contributed by atoms with Crippen molar-refractivity contribution < 1.29 is 4.79 Å². The van der Waals surface area contributed by atoms with E-state index in [1.807, 2.05) is 24.3 Å². The summed E-state index contributed by atoms with van der Waals surface area (Å²) in [6, 6.07) is 12.9. The van der Waals surface area contributed by atoms with Gasteiger partial charge in [-0.15, -0.1) is 0 Å². The predicted octanol–water partition coefficient (Wildman–Crippen LogP) is 2.48. The first kappa shape index (κ1) is 15.3. The number of pyridine rings is 1. The molecule has 1 aromatic heterocycles. The molecule has 1 N–H and O–H groups in total. The van der Waals surface area contributed by atoms with Gasteiger partial charge < -0.3 is 14.8 Å². The van der Waals surface area contributed by atoms with Gasteiger partial charge >= 0.3 is 0 Å². The maximum absolute atomic E-state index is 12.2. The Hall–Kier alpha value is -2.56. The second kappa shape index (κ2) is 7.13. The fourth-order valence-electron chi connectivity index (χ4n) is 2.89. The van der Waals surface area contributed by atoms with Crippen LogP contribution < -0.4 is 15.8 Å². The molecule has 23 heavy (non-hydrogen) atoms. The van der Waals surface area contributed by atoms with Crippen LogP contribution in [-0.4, -0.2) is 23.6 Å². The number of nitrogens with zero attached hydrogens (tertiary/aromatic N) is 2. The van der Waals surface area contributed by atoms with Gasteiger partial charge in [0, 0.05) is 38.3 Å². The summed E-state index contributed by atoms with van der Waals surface area (Å²) < 4.78 is 1.55. The molecule has 2 aromatic rings. The first-order valence-electron chi connectivity index (χ1n) is 8.03. The minimum absolute atomic E-state index is 0.0765. The van der Waals surface area contributed by atoms with Crippen LogP contribution in [0.5, 0.6) is 0 Å². The molecule has 1 aromatic carbocycles. The first-order chi connectivity index (χ1) is 11.2. The molecule has 0 saturated carbocycles. The highest BCUT2D eigenvalue weighted by Crippen LogP contribution is 2.28. The van der Waals surface area contributed by atoms with Crippen LogP contribution >= 0.6 is 0 Å². The fraction of sp³-hybridized carbons (Fsp3) is 0.333. The number of nitrogens with one attached hydrogen (secondary N) is 1. The monoisotopic (exact) mass is 311 g/mol. The molecule has 1 aliphatic rings. The molecule has 0 aliphatic carbocycles. The number of carbonyl (C=O) groups excluding carboxylic acids is 1. The van der Waals surface area contributed by atoms with E-state index < -0.39 is 0 Å². The van der Waals surface area contributed by atoms with Crippen LogP contribution in [0.1, 0.15) is 19.3 Å². The van der Waals surface area contributed by atoms with E-state index in [1.54, 1.807) is 22.9 Å². The summed E-state index contributed by atoms with van der Waals surface area (Å²) in [5.41, 5.74) is 1.84. The maximum Gasteiger partial charge on any atom is 0.250 e. The van der Waals surface area contributed by atoms with Gasteiger partial charge in [0.1, 0.15) is 0 Å². The van der Waals surface area contributed by atoms with E-state index in [4.69, 9.17) is 0 Å². The third-order valence-corrected chi connectivity index (χ3v) is 4.10. The summed E-state index contributed by atoms with van der Waals surface area (Å²) in [7, 11) is 0. The van der Waals surface area contributed by atoms with Gasteiger partial charge in [0.2, 0.25) is 5.91 Å². The summed E-state index contributed by atoms with van der Waals surface area (Å²) in [5.74, 6) is -0.0765. The van der Waals surface area contributed by atoms with E-state index >= 15 is 0 Å². The summed E-state index contributed by atoms with van der Waals surface area (Å²) in [5, 5.41) is 2.98. The Morgan fingerprint density at radius 3 is 2.57 bits per heavy atom. The first-order valence-corrected chi connectivity index (χ1v) is 8.03. The van der Waals surface area contributed by atoms with Crippen LogP contribution in [0.2, 0.25) is 0 Å². The number of aromatic nitrogens is 1. The zero-order chi connectivity index (χ0) is 16.1. The van der Waals surface area contributed by atoms with E-state index in [-0.39, 0.29) is 17.9 Å². The SMILES string of the molecule is O=C(CCn1ccccc1=O)Nc1ccccc1N1CCCC1. The van der Waals surface area contributed by atoms with Crippen LogP contribution in [-0.2, 0) is 11.3 Å². The summed E-state index contributed by atoms with van der Waals surface area (Å²) in [6.07, 6.45) is 4.37. The van der Waals surface area contributed by atoms with Gasteiger partial charge in [-0.2, -0.15) is 0 Å². The van der Waals surface area contributed by atoms with Gasteiger partial charge in [0.05, 0.1) is 11.4 Å².